The molecule has 2 nitrogen and oxygen atoms in total. The Bertz CT molecular complexity index is 1300. The van der Waals surface area contributed by atoms with Gasteiger partial charge in [-0.1, -0.05) is 65.7 Å². The third-order valence-electron chi connectivity index (χ3n) is 4.82. The second kappa shape index (κ2) is 8.39. The molecule has 0 fully saturated rings. The zero-order chi connectivity index (χ0) is 21.3. The number of allylic oxidation sites excluding steroid dienone is 1. The van der Waals surface area contributed by atoms with E-state index in [1.165, 1.54) is 18.2 Å². The number of fused-ring (bicyclic) bond motifs is 1. The van der Waals surface area contributed by atoms with Gasteiger partial charge < -0.3 is 0 Å². The Morgan fingerprint density at radius 2 is 1.73 bits per heavy atom. The molecule has 0 atom stereocenters. The lowest BCUT2D eigenvalue weighted by molar-refractivity contribution is 0.104. The summed E-state index contributed by atoms with van der Waals surface area (Å²) in [6.07, 6.45) is 3.08. The second-order valence-electron chi connectivity index (χ2n) is 6.84. The van der Waals surface area contributed by atoms with E-state index in [9.17, 15) is 9.18 Å². The first-order valence-electron chi connectivity index (χ1n) is 9.27. The van der Waals surface area contributed by atoms with Crippen LogP contribution in [0.2, 0.25) is 10.0 Å². The van der Waals surface area contributed by atoms with Gasteiger partial charge in [-0.05, 0) is 54.5 Å². The predicted octanol–water partition coefficient (Wildman–Crippen LogP) is 7.55. The number of nitrogens with zero attached hydrogens (tertiary/aromatic N) is 1. The molecule has 0 aliphatic carbocycles. The van der Waals surface area contributed by atoms with Gasteiger partial charge in [0.05, 0.1) is 16.1 Å². The molecule has 148 valence electrons. The molecular formula is C25H16Cl2FNO. The maximum atomic E-state index is 13.4. The van der Waals surface area contributed by atoms with Crippen molar-refractivity contribution in [3.05, 3.63) is 105 Å². The van der Waals surface area contributed by atoms with Crippen LogP contribution in [0.25, 0.3) is 28.1 Å². The van der Waals surface area contributed by atoms with Gasteiger partial charge in [-0.25, -0.2) is 4.39 Å². The fraction of sp³-hybridized carbons (Fsp3) is 0.0400. The van der Waals surface area contributed by atoms with E-state index in [1.807, 2.05) is 43.3 Å². The number of benzene rings is 3. The van der Waals surface area contributed by atoms with Crippen LogP contribution in [0.3, 0.4) is 0 Å². The lowest BCUT2D eigenvalue weighted by atomic mass is 9.92. The number of halogens is 3. The molecule has 4 aromatic rings. The minimum atomic E-state index is -0.500. The average molecular weight is 436 g/mol. The van der Waals surface area contributed by atoms with Crippen LogP contribution in [0.15, 0.2) is 72.8 Å². The Hall–Kier alpha value is -3.01. The number of carbonyl (C=O) groups excluding carboxylic acids is 1. The highest BCUT2D eigenvalue weighted by molar-refractivity contribution is 6.31. The summed E-state index contributed by atoms with van der Waals surface area (Å²) >= 11 is 11.9. The zero-order valence-electron chi connectivity index (χ0n) is 16.0. The Labute approximate surface area is 183 Å². The first-order chi connectivity index (χ1) is 14.4. The van der Waals surface area contributed by atoms with Crippen LogP contribution in [0.4, 0.5) is 4.39 Å². The van der Waals surface area contributed by atoms with Crippen molar-refractivity contribution in [1.82, 2.24) is 4.98 Å². The SMILES string of the molecule is Cc1nc2ccccc2c(-c2ccc(Cl)cc2)c1C(=O)/C=C/c1ccc(F)c(Cl)c1. The lowest BCUT2D eigenvalue weighted by Crippen LogP contribution is -2.05. The summed E-state index contributed by atoms with van der Waals surface area (Å²) < 4.78 is 13.4. The molecule has 0 saturated carbocycles. The molecule has 0 amide bonds. The molecule has 0 radical (unpaired) electrons. The summed E-state index contributed by atoms with van der Waals surface area (Å²) in [6, 6.07) is 19.4. The maximum Gasteiger partial charge on any atom is 0.188 e. The van der Waals surface area contributed by atoms with Crippen molar-refractivity contribution in [3.63, 3.8) is 0 Å². The number of pyridine rings is 1. The van der Waals surface area contributed by atoms with Gasteiger partial charge in [-0.3, -0.25) is 9.78 Å². The number of para-hydroxylation sites is 1. The van der Waals surface area contributed by atoms with Crippen LogP contribution in [0, 0.1) is 12.7 Å². The summed E-state index contributed by atoms with van der Waals surface area (Å²) in [6.45, 7) is 1.82. The van der Waals surface area contributed by atoms with Crippen LogP contribution in [-0.4, -0.2) is 10.8 Å². The molecule has 0 spiro atoms. The highest BCUT2D eigenvalue weighted by atomic mass is 35.5. The van der Waals surface area contributed by atoms with Crippen LogP contribution >= 0.6 is 23.2 Å². The van der Waals surface area contributed by atoms with Gasteiger partial charge in [0, 0.05) is 21.7 Å². The van der Waals surface area contributed by atoms with Gasteiger partial charge in [0.2, 0.25) is 0 Å². The Morgan fingerprint density at radius 3 is 2.47 bits per heavy atom. The maximum absolute atomic E-state index is 13.4. The van der Waals surface area contributed by atoms with Crippen molar-refractivity contribution in [3.8, 4) is 11.1 Å². The molecule has 5 heteroatoms. The monoisotopic (exact) mass is 435 g/mol. The third-order valence-corrected chi connectivity index (χ3v) is 5.37. The van der Waals surface area contributed by atoms with Gasteiger partial charge in [0.1, 0.15) is 5.82 Å². The van der Waals surface area contributed by atoms with Crippen molar-refractivity contribution in [1.29, 1.82) is 0 Å². The third kappa shape index (κ3) is 4.00. The normalized spacial score (nSPS) is 11.3. The summed E-state index contributed by atoms with van der Waals surface area (Å²) in [7, 11) is 0. The summed E-state index contributed by atoms with van der Waals surface area (Å²) in [5, 5.41) is 1.51. The van der Waals surface area contributed by atoms with Crippen LogP contribution in [0.5, 0.6) is 0 Å². The molecule has 0 saturated heterocycles. The quantitative estimate of drug-likeness (QED) is 0.244. The standard InChI is InChI=1S/C25H16Cl2FNO/c1-15-24(23(30)13-7-16-6-12-21(28)20(27)14-16)25(17-8-10-18(26)11-9-17)19-4-2-3-5-22(19)29-15/h2-14H,1H3/b13-7+. The molecule has 1 aromatic heterocycles. The topological polar surface area (TPSA) is 30.0 Å². The minimum absolute atomic E-state index is 0.00926. The van der Waals surface area contributed by atoms with E-state index in [-0.39, 0.29) is 10.8 Å². The van der Waals surface area contributed by atoms with E-state index in [1.54, 1.807) is 24.3 Å². The number of aromatic nitrogens is 1. The first kappa shape index (κ1) is 20.3. The lowest BCUT2D eigenvalue weighted by Gasteiger charge is -2.14. The number of hydrogen-bond donors (Lipinski definition) is 0. The van der Waals surface area contributed by atoms with Crippen LogP contribution in [-0.2, 0) is 0 Å². The van der Waals surface area contributed by atoms with Crippen molar-refractivity contribution < 1.29 is 9.18 Å². The van der Waals surface area contributed by atoms with Crippen molar-refractivity contribution in [2.75, 3.05) is 0 Å². The number of ketones is 1. The van der Waals surface area contributed by atoms with Gasteiger partial charge in [-0.2, -0.15) is 0 Å². The van der Waals surface area contributed by atoms with Crippen LogP contribution < -0.4 is 0 Å². The molecule has 3 aromatic carbocycles. The number of hydrogen-bond acceptors (Lipinski definition) is 2. The highest BCUT2D eigenvalue weighted by Gasteiger charge is 2.18. The molecule has 4 rings (SSSR count). The van der Waals surface area contributed by atoms with Gasteiger partial charge in [-0.15, -0.1) is 0 Å². The van der Waals surface area contributed by atoms with E-state index >= 15 is 0 Å². The van der Waals surface area contributed by atoms with Gasteiger partial charge in [0.15, 0.2) is 5.78 Å². The molecule has 0 unspecified atom stereocenters. The fourth-order valence-corrected chi connectivity index (χ4v) is 3.74. The molecule has 0 bridgehead atoms. The molecule has 0 aliphatic rings. The van der Waals surface area contributed by atoms with E-state index in [0.717, 1.165) is 22.0 Å². The average Bonchev–Trinajstić information content (AvgIpc) is 2.74. The number of carbonyl (C=O) groups is 1. The van der Waals surface area contributed by atoms with E-state index in [2.05, 4.69) is 4.98 Å². The summed E-state index contributed by atoms with van der Waals surface area (Å²) in [5.74, 6) is -0.698. The molecule has 0 aliphatic heterocycles. The first-order valence-corrected chi connectivity index (χ1v) is 10.0. The van der Waals surface area contributed by atoms with Crippen LogP contribution in [0.1, 0.15) is 21.6 Å². The van der Waals surface area contributed by atoms with E-state index < -0.39 is 5.82 Å². The highest BCUT2D eigenvalue weighted by Crippen LogP contribution is 2.34. The smallest absolute Gasteiger partial charge is 0.188 e. The van der Waals surface area contributed by atoms with Gasteiger partial charge >= 0.3 is 0 Å². The Balaban J connectivity index is 1.87. The Kier molecular flexibility index (Phi) is 5.67. The molecule has 30 heavy (non-hydrogen) atoms. The summed E-state index contributed by atoms with van der Waals surface area (Å²) in [5.41, 5.74) is 4.27. The minimum Gasteiger partial charge on any atom is -0.289 e. The molecule has 1 heterocycles. The Morgan fingerprint density at radius 1 is 1.00 bits per heavy atom. The van der Waals surface area contributed by atoms with Crippen molar-refractivity contribution >= 4 is 46.0 Å². The number of rotatable bonds is 4. The van der Waals surface area contributed by atoms with E-state index in [0.29, 0.717) is 21.8 Å². The predicted molar refractivity (Wildman–Crippen MR) is 122 cm³/mol. The van der Waals surface area contributed by atoms with Crippen molar-refractivity contribution in [2.45, 2.75) is 6.92 Å². The summed E-state index contributed by atoms with van der Waals surface area (Å²) in [4.78, 5) is 17.9. The van der Waals surface area contributed by atoms with Crippen molar-refractivity contribution in [2.24, 2.45) is 0 Å². The van der Waals surface area contributed by atoms with Gasteiger partial charge in [0.25, 0.3) is 0 Å². The largest absolute Gasteiger partial charge is 0.289 e. The van der Waals surface area contributed by atoms with E-state index in [4.69, 9.17) is 23.2 Å². The molecule has 0 N–H and O–H groups in total. The second-order valence-corrected chi connectivity index (χ2v) is 7.69. The number of aryl methyl sites for hydroxylation is 1. The fourth-order valence-electron chi connectivity index (χ4n) is 3.42. The molecular weight excluding hydrogens is 420 g/mol. The zero-order valence-corrected chi connectivity index (χ0v) is 17.5.